The van der Waals surface area contributed by atoms with Gasteiger partial charge in [0, 0.05) is 11.6 Å². The number of ether oxygens (including phenoxy) is 1. The third kappa shape index (κ3) is 4.55. The molecule has 1 atom stereocenters. The van der Waals surface area contributed by atoms with Gasteiger partial charge in [-0.25, -0.2) is 4.79 Å². The summed E-state index contributed by atoms with van der Waals surface area (Å²) < 4.78 is 5.18. The number of nitrogens with two attached hydrogens (primary N) is 1. The van der Waals surface area contributed by atoms with Gasteiger partial charge in [0.1, 0.15) is 5.60 Å². The Kier molecular flexibility index (Phi) is 4.99. The Hall–Kier alpha value is -1.26. The van der Waals surface area contributed by atoms with Crippen molar-refractivity contribution in [3.05, 3.63) is 34.9 Å². The van der Waals surface area contributed by atoms with Crippen LogP contribution < -0.4 is 11.1 Å². The maximum Gasteiger partial charge on any atom is 0.408 e. The first-order chi connectivity index (χ1) is 8.33. The summed E-state index contributed by atoms with van der Waals surface area (Å²) in [7, 11) is 0. The van der Waals surface area contributed by atoms with Crippen molar-refractivity contribution in [2.75, 3.05) is 6.54 Å². The van der Waals surface area contributed by atoms with E-state index in [4.69, 9.17) is 22.1 Å². The quantitative estimate of drug-likeness (QED) is 0.888. The van der Waals surface area contributed by atoms with Crippen LogP contribution in [0, 0.1) is 0 Å². The van der Waals surface area contributed by atoms with Crippen LogP contribution in [0.1, 0.15) is 32.4 Å². The third-order valence-electron chi connectivity index (χ3n) is 2.21. The van der Waals surface area contributed by atoms with Crippen molar-refractivity contribution in [2.24, 2.45) is 5.73 Å². The molecule has 0 bridgehead atoms. The van der Waals surface area contributed by atoms with E-state index in [0.29, 0.717) is 5.02 Å². The fourth-order valence-corrected chi connectivity index (χ4v) is 1.74. The molecule has 5 heteroatoms. The molecule has 0 aliphatic heterocycles. The summed E-state index contributed by atoms with van der Waals surface area (Å²) in [5.74, 6) is 0. The first-order valence-corrected chi connectivity index (χ1v) is 6.15. The zero-order valence-electron chi connectivity index (χ0n) is 10.9. The molecule has 1 rings (SSSR count). The molecule has 0 radical (unpaired) electrons. The predicted molar refractivity (Wildman–Crippen MR) is 72.6 cm³/mol. The first kappa shape index (κ1) is 14.8. The molecule has 0 heterocycles. The summed E-state index contributed by atoms with van der Waals surface area (Å²) in [4.78, 5) is 11.7. The average molecular weight is 271 g/mol. The Bertz CT molecular complexity index is 416. The Balaban J connectivity index is 2.74. The number of carbonyl (C=O) groups is 1. The normalized spacial score (nSPS) is 12.9. The van der Waals surface area contributed by atoms with Crippen LogP contribution in [0.25, 0.3) is 0 Å². The Morgan fingerprint density at radius 3 is 2.56 bits per heavy atom. The lowest BCUT2D eigenvalue weighted by Gasteiger charge is -2.23. The number of hydrogen-bond acceptors (Lipinski definition) is 3. The minimum absolute atomic E-state index is 0.253. The number of carbonyl (C=O) groups excluding carboxylic acids is 1. The highest BCUT2D eigenvalue weighted by molar-refractivity contribution is 6.31. The van der Waals surface area contributed by atoms with E-state index in [1.165, 1.54) is 0 Å². The molecule has 0 unspecified atom stereocenters. The molecule has 0 aliphatic rings. The Morgan fingerprint density at radius 1 is 1.44 bits per heavy atom. The third-order valence-corrected chi connectivity index (χ3v) is 2.55. The second-order valence-electron chi connectivity index (χ2n) is 4.96. The summed E-state index contributed by atoms with van der Waals surface area (Å²) in [5, 5.41) is 3.28. The van der Waals surface area contributed by atoms with Crippen LogP contribution in [-0.2, 0) is 4.74 Å². The highest BCUT2D eigenvalue weighted by atomic mass is 35.5. The van der Waals surface area contributed by atoms with E-state index >= 15 is 0 Å². The van der Waals surface area contributed by atoms with Gasteiger partial charge in [-0.05, 0) is 32.4 Å². The molecule has 1 amide bonds. The lowest BCUT2D eigenvalue weighted by atomic mass is 10.1. The molecule has 18 heavy (non-hydrogen) atoms. The van der Waals surface area contributed by atoms with Gasteiger partial charge < -0.3 is 15.8 Å². The number of halogens is 1. The van der Waals surface area contributed by atoms with Gasteiger partial charge in [-0.1, -0.05) is 29.8 Å². The van der Waals surface area contributed by atoms with Gasteiger partial charge >= 0.3 is 6.09 Å². The standard InChI is InChI=1S/C13H19ClN2O2/c1-13(2,3)18-12(17)16-11(8-15)9-6-4-5-7-10(9)14/h4-7,11H,8,15H2,1-3H3,(H,16,17)/t11-/m1/s1. The molecular formula is C13H19ClN2O2. The number of alkyl carbamates (subject to hydrolysis) is 1. The van der Waals surface area contributed by atoms with Gasteiger partial charge in [0.2, 0.25) is 0 Å². The molecule has 0 saturated heterocycles. The SMILES string of the molecule is CC(C)(C)OC(=O)N[C@H](CN)c1ccccc1Cl. The molecule has 0 spiro atoms. The molecule has 3 N–H and O–H groups in total. The van der Waals surface area contributed by atoms with Crippen LogP contribution in [0.2, 0.25) is 5.02 Å². The van der Waals surface area contributed by atoms with E-state index in [1.54, 1.807) is 26.8 Å². The number of hydrogen-bond donors (Lipinski definition) is 2. The van der Waals surface area contributed by atoms with Crippen molar-refractivity contribution < 1.29 is 9.53 Å². The topological polar surface area (TPSA) is 64.3 Å². The summed E-state index contributed by atoms with van der Waals surface area (Å²) in [6.07, 6.45) is -0.502. The van der Waals surface area contributed by atoms with Crippen LogP contribution in [0.5, 0.6) is 0 Å². The summed E-state index contributed by atoms with van der Waals surface area (Å²) in [5.41, 5.74) is 5.90. The zero-order chi connectivity index (χ0) is 13.8. The van der Waals surface area contributed by atoms with Crippen molar-refractivity contribution in [2.45, 2.75) is 32.4 Å². The Morgan fingerprint density at radius 2 is 2.06 bits per heavy atom. The van der Waals surface area contributed by atoms with Gasteiger partial charge in [-0.2, -0.15) is 0 Å². The highest BCUT2D eigenvalue weighted by Crippen LogP contribution is 2.22. The van der Waals surface area contributed by atoms with Crippen LogP contribution in [0.3, 0.4) is 0 Å². The molecule has 1 aromatic carbocycles. The van der Waals surface area contributed by atoms with Gasteiger partial charge in [0.25, 0.3) is 0 Å². The number of rotatable bonds is 3. The number of benzene rings is 1. The second kappa shape index (κ2) is 6.07. The van der Waals surface area contributed by atoms with Gasteiger partial charge in [0.05, 0.1) is 6.04 Å². The summed E-state index contributed by atoms with van der Waals surface area (Å²) in [6.45, 7) is 5.67. The fraction of sp³-hybridized carbons (Fsp3) is 0.462. The number of amides is 1. The Labute approximate surface area is 112 Å². The van der Waals surface area contributed by atoms with Crippen LogP contribution in [0.15, 0.2) is 24.3 Å². The average Bonchev–Trinajstić information content (AvgIpc) is 2.24. The molecule has 0 aliphatic carbocycles. The van der Waals surface area contributed by atoms with Crippen molar-refractivity contribution >= 4 is 17.7 Å². The predicted octanol–water partition coefficient (Wildman–Crippen LogP) is 2.86. The lowest BCUT2D eigenvalue weighted by Crippen LogP contribution is -2.37. The van der Waals surface area contributed by atoms with Crippen molar-refractivity contribution in [1.82, 2.24) is 5.32 Å². The fourth-order valence-electron chi connectivity index (χ4n) is 1.47. The molecular weight excluding hydrogens is 252 g/mol. The molecule has 100 valence electrons. The van der Waals surface area contributed by atoms with Crippen molar-refractivity contribution in [3.8, 4) is 0 Å². The van der Waals surface area contributed by atoms with Crippen LogP contribution in [-0.4, -0.2) is 18.2 Å². The van der Waals surface area contributed by atoms with Crippen LogP contribution in [0.4, 0.5) is 4.79 Å². The maximum absolute atomic E-state index is 11.7. The van der Waals surface area contributed by atoms with Crippen LogP contribution >= 0.6 is 11.6 Å². The zero-order valence-corrected chi connectivity index (χ0v) is 11.6. The minimum Gasteiger partial charge on any atom is -0.444 e. The highest BCUT2D eigenvalue weighted by Gasteiger charge is 2.20. The molecule has 0 aromatic heterocycles. The molecule has 0 fully saturated rings. The second-order valence-corrected chi connectivity index (χ2v) is 5.36. The molecule has 4 nitrogen and oxygen atoms in total. The minimum atomic E-state index is -0.538. The first-order valence-electron chi connectivity index (χ1n) is 5.77. The molecule has 0 saturated carbocycles. The van der Waals surface area contributed by atoms with Crippen molar-refractivity contribution in [1.29, 1.82) is 0 Å². The van der Waals surface area contributed by atoms with Gasteiger partial charge in [-0.3, -0.25) is 0 Å². The maximum atomic E-state index is 11.7. The smallest absolute Gasteiger partial charge is 0.408 e. The number of nitrogens with one attached hydrogen (secondary N) is 1. The van der Waals surface area contributed by atoms with E-state index in [0.717, 1.165) is 5.56 Å². The van der Waals surface area contributed by atoms with E-state index in [1.807, 2.05) is 18.2 Å². The monoisotopic (exact) mass is 270 g/mol. The van der Waals surface area contributed by atoms with E-state index in [2.05, 4.69) is 5.32 Å². The van der Waals surface area contributed by atoms with E-state index in [-0.39, 0.29) is 12.6 Å². The summed E-state index contributed by atoms with van der Waals surface area (Å²) in [6, 6.07) is 6.91. The largest absolute Gasteiger partial charge is 0.444 e. The van der Waals surface area contributed by atoms with Crippen molar-refractivity contribution in [3.63, 3.8) is 0 Å². The lowest BCUT2D eigenvalue weighted by molar-refractivity contribution is 0.0505. The van der Waals surface area contributed by atoms with E-state index < -0.39 is 11.7 Å². The van der Waals surface area contributed by atoms with Gasteiger partial charge in [0.15, 0.2) is 0 Å². The molecule has 1 aromatic rings. The van der Waals surface area contributed by atoms with Gasteiger partial charge in [-0.15, -0.1) is 0 Å². The van der Waals surface area contributed by atoms with E-state index in [9.17, 15) is 4.79 Å². The summed E-state index contributed by atoms with van der Waals surface area (Å²) >= 11 is 6.07.